The van der Waals surface area contributed by atoms with Crippen LogP contribution in [0, 0.1) is 17.1 Å². The van der Waals surface area contributed by atoms with E-state index in [0.29, 0.717) is 5.75 Å². The molecule has 2 rings (SSSR count). The minimum absolute atomic E-state index is 0.0264. The largest absolute Gasteiger partial charge is 0.480 e. The van der Waals surface area contributed by atoms with Crippen molar-refractivity contribution in [1.82, 2.24) is 4.90 Å². The van der Waals surface area contributed by atoms with Crippen molar-refractivity contribution in [3.8, 4) is 6.07 Å². The van der Waals surface area contributed by atoms with Gasteiger partial charge < -0.3 is 15.3 Å². The van der Waals surface area contributed by atoms with Gasteiger partial charge in [-0.1, -0.05) is 6.07 Å². The Bertz CT molecular complexity index is 602. The number of carboxylic acid groups (broad SMARTS) is 1. The molecule has 0 unspecified atom stereocenters. The summed E-state index contributed by atoms with van der Waals surface area (Å²) in [6.45, 7) is 0. The Balaban J connectivity index is 2.19. The summed E-state index contributed by atoms with van der Waals surface area (Å²) in [5.74, 6) is -1.29. The standard InChI is InChI=1S/C12H10FN3O3S/c13-8-2-1-3-9(7(8)4-14)15-12(19)16-6-20-5-10(16)11(17)18/h1-3,10H,5-6H2,(H,15,19)(H,17,18)/t10-/m0/s1. The molecule has 0 saturated carbocycles. The molecule has 2 N–H and O–H groups in total. The maximum Gasteiger partial charge on any atom is 0.327 e. The number of nitrogens with one attached hydrogen (secondary N) is 1. The lowest BCUT2D eigenvalue weighted by molar-refractivity contribution is -0.140. The molecule has 20 heavy (non-hydrogen) atoms. The molecule has 6 nitrogen and oxygen atoms in total. The third kappa shape index (κ3) is 2.67. The minimum atomic E-state index is -1.09. The molecule has 1 fully saturated rings. The number of hydrogen-bond donors (Lipinski definition) is 2. The molecular formula is C12H10FN3O3S. The average molecular weight is 295 g/mol. The van der Waals surface area contributed by atoms with Crippen LogP contribution in [-0.2, 0) is 4.79 Å². The number of hydrogen-bond acceptors (Lipinski definition) is 4. The first-order chi connectivity index (χ1) is 9.54. The number of aliphatic carboxylic acids is 1. The highest BCUT2D eigenvalue weighted by Gasteiger charge is 2.34. The number of benzene rings is 1. The summed E-state index contributed by atoms with van der Waals surface area (Å²) in [4.78, 5) is 24.2. The Morgan fingerprint density at radius 1 is 1.55 bits per heavy atom. The molecule has 1 aromatic carbocycles. The van der Waals surface area contributed by atoms with Crippen molar-refractivity contribution in [2.45, 2.75) is 6.04 Å². The molecule has 0 spiro atoms. The Morgan fingerprint density at radius 3 is 2.95 bits per heavy atom. The zero-order valence-electron chi connectivity index (χ0n) is 10.2. The number of anilines is 1. The number of nitrogens with zero attached hydrogens (tertiary/aromatic N) is 2. The first-order valence-corrected chi connectivity index (χ1v) is 6.77. The van der Waals surface area contributed by atoms with E-state index in [1.54, 1.807) is 6.07 Å². The van der Waals surface area contributed by atoms with E-state index in [2.05, 4.69) is 5.32 Å². The van der Waals surface area contributed by atoms with Crippen molar-refractivity contribution >= 4 is 29.4 Å². The maximum atomic E-state index is 13.4. The average Bonchev–Trinajstić information content (AvgIpc) is 2.88. The number of thioether (sulfide) groups is 1. The highest BCUT2D eigenvalue weighted by molar-refractivity contribution is 7.99. The van der Waals surface area contributed by atoms with Crippen molar-refractivity contribution in [2.24, 2.45) is 0 Å². The predicted octanol–water partition coefficient (Wildman–Crippen LogP) is 1.69. The minimum Gasteiger partial charge on any atom is -0.480 e. The van der Waals surface area contributed by atoms with Crippen molar-refractivity contribution in [2.75, 3.05) is 16.9 Å². The second kappa shape index (κ2) is 5.79. The topological polar surface area (TPSA) is 93.4 Å². The Kier molecular flexibility index (Phi) is 4.10. The van der Waals surface area contributed by atoms with Crippen LogP contribution in [0.15, 0.2) is 18.2 Å². The summed E-state index contributed by atoms with van der Waals surface area (Å²) < 4.78 is 13.4. The summed E-state index contributed by atoms with van der Waals surface area (Å²) in [6.07, 6.45) is 0. The lowest BCUT2D eigenvalue weighted by atomic mass is 10.2. The number of halogens is 1. The van der Waals surface area contributed by atoms with Gasteiger partial charge in [-0.2, -0.15) is 5.26 Å². The Morgan fingerprint density at radius 2 is 2.30 bits per heavy atom. The molecule has 2 amide bonds. The van der Waals surface area contributed by atoms with Gasteiger partial charge in [0.25, 0.3) is 0 Å². The predicted molar refractivity (Wildman–Crippen MR) is 70.7 cm³/mol. The van der Waals surface area contributed by atoms with Gasteiger partial charge in [0.1, 0.15) is 23.5 Å². The lowest BCUT2D eigenvalue weighted by Gasteiger charge is -2.21. The van der Waals surface area contributed by atoms with Gasteiger partial charge in [0.15, 0.2) is 0 Å². The fraction of sp³-hybridized carbons (Fsp3) is 0.250. The molecular weight excluding hydrogens is 285 g/mol. The monoisotopic (exact) mass is 295 g/mol. The van der Waals surface area contributed by atoms with Crippen molar-refractivity contribution < 1.29 is 19.1 Å². The van der Waals surface area contributed by atoms with E-state index in [9.17, 15) is 14.0 Å². The van der Waals surface area contributed by atoms with Crippen LogP contribution in [0.1, 0.15) is 5.56 Å². The second-order valence-corrected chi connectivity index (χ2v) is 5.03. The lowest BCUT2D eigenvalue weighted by Crippen LogP contribution is -2.44. The number of nitriles is 1. The highest BCUT2D eigenvalue weighted by atomic mass is 32.2. The molecule has 1 atom stereocenters. The van der Waals surface area contributed by atoms with Crippen LogP contribution in [0.5, 0.6) is 0 Å². The second-order valence-electron chi connectivity index (χ2n) is 4.03. The third-order valence-electron chi connectivity index (χ3n) is 2.80. The Labute approximate surface area is 118 Å². The van der Waals surface area contributed by atoms with E-state index in [4.69, 9.17) is 10.4 Å². The molecule has 0 aliphatic carbocycles. The molecule has 104 valence electrons. The van der Waals surface area contributed by atoms with Crippen LogP contribution in [0.4, 0.5) is 14.9 Å². The summed E-state index contributed by atoms with van der Waals surface area (Å²) >= 11 is 1.32. The van der Waals surface area contributed by atoms with Crippen LogP contribution < -0.4 is 5.32 Å². The Hall–Kier alpha value is -2.27. The quantitative estimate of drug-likeness (QED) is 0.866. The van der Waals surface area contributed by atoms with Gasteiger partial charge in [0, 0.05) is 5.75 Å². The van der Waals surface area contributed by atoms with Crippen molar-refractivity contribution in [3.05, 3.63) is 29.6 Å². The van der Waals surface area contributed by atoms with Crippen LogP contribution >= 0.6 is 11.8 Å². The van der Waals surface area contributed by atoms with Crippen molar-refractivity contribution in [1.29, 1.82) is 5.26 Å². The van der Waals surface area contributed by atoms with Crippen LogP contribution in [0.2, 0.25) is 0 Å². The normalized spacial score (nSPS) is 17.6. The van der Waals surface area contributed by atoms with Crippen LogP contribution in [0.3, 0.4) is 0 Å². The molecule has 0 radical (unpaired) electrons. The number of urea groups is 1. The van der Waals surface area contributed by atoms with E-state index >= 15 is 0 Å². The van der Waals surface area contributed by atoms with E-state index < -0.39 is 23.9 Å². The van der Waals surface area contributed by atoms with E-state index in [1.807, 2.05) is 0 Å². The molecule has 1 saturated heterocycles. The first kappa shape index (κ1) is 14.1. The summed E-state index contributed by atoms with van der Waals surface area (Å²) in [7, 11) is 0. The molecule has 8 heteroatoms. The number of carbonyl (C=O) groups is 2. The molecule has 1 aliphatic rings. The van der Waals surface area contributed by atoms with E-state index in [0.717, 1.165) is 11.0 Å². The van der Waals surface area contributed by atoms with Crippen LogP contribution in [-0.4, -0.2) is 39.7 Å². The zero-order valence-corrected chi connectivity index (χ0v) is 11.0. The SMILES string of the molecule is N#Cc1c(F)cccc1NC(=O)N1CSC[C@H]1C(=O)O. The smallest absolute Gasteiger partial charge is 0.327 e. The van der Waals surface area contributed by atoms with Gasteiger partial charge in [-0.3, -0.25) is 0 Å². The van der Waals surface area contributed by atoms with Gasteiger partial charge in [-0.15, -0.1) is 11.8 Å². The summed E-state index contributed by atoms with van der Waals surface area (Å²) in [6, 6.07) is 3.94. The van der Waals surface area contributed by atoms with Gasteiger partial charge in [0.2, 0.25) is 0 Å². The fourth-order valence-electron chi connectivity index (χ4n) is 1.78. The fourth-order valence-corrected chi connectivity index (χ4v) is 2.92. The van der Waals surface area contributed by atoms with E-state index in [-0.39, 0.29) is 17.1 Å². The number of rotatable bonds is 2. The molecule has 0 bridgehead atoms. The van der Waals surface area contributed by atoms with Crippen LogP contribution in [0.25, 0.3) is 0 Å². The number of amides is 2. The number of carboxylic acids is 1. The van der Waals surface area contributed by atoms with Gasteiger partial charge in [-0.05, 0) is 12.1 Å². The molecule has 1 aromatic rings. The van der Waals surface area contributed by atoms with Gasteiger partial charge >= 0.3 is 12.0 Å². The molecule has 1 heterocycles. The summed E-state index contributed by atoms with van der Waals surface area (Å²) in [5.41, 5.74) is -0.252. The molecule has 0 aromatic heterocycles. The first-order valence-electron chi connectivity index (χ1n) is 5.61. The molecule has 1 aliphatic heterocycles. The maximum absolute atomic E-state index is 13.4. The number of carbonyl (C=O) groups excluding carboxylic acids is 1. The third-order valence-corrected chi connectivity index (χ3v) is 3.81. The summed E-state index contributed by atoms with van der Waals surface area (Å²) in [5, 5.41) is 20.2. The van der Waals surface area contributed by atoms with Gasteiger partial charge in [0.05, 0.1) is 11.6 Å². The van der Waals surface area contributed by atoms with Gasteiger partial charge in [-0.25, -0.2) is 14.0 Å². The zero-order chi connectivity index (χ0) is 14.7. The van der Waals surface area contributed by atoms with E-state index in [1.165, 1.54) is 23.9 Å². The highest BCUT2D eigenvalue weighted by Crippen LogP contribution is 2.23. The van der Waals surface area contributed by atoms with Crippen molar-refractivity contribution in [3.63, 3.8) is 0 Å².